The zero-order valence-corrected chi connectivity index (χ0v) is 16.3. The lowest BCUT2D eigenvalue weighted by atomic mass is 10.2. The van der Waals surface area contributed by atoms with Gasteiger partial charge in [0.2, 0.25) is 5.91 Å². The highest BCUT2D eigenvalue weighted by molar-refractivity contribution is 6.31. The van der Waals surface area contributed by atoms with Crippen molar-refractivity contribution in [2.45, 2.75) is 39.7 Å². The van der Waals surface area contributed by atoms with Crippen LogP contribution in [0.1, 0.15) is 36.8 Å². The molecular formula is C19H23ClN6O. The Balaban J connectivity index is 1.55. The summed E-state index contributed by atoms with van der Waals surface area (Å²) in [6, 6.07) is 5.73. The van der Waals surface area contributed by atoms with E-state index >= 15 is 0 Å². The van der Waals surface area contributed by atoms with Crippen LogP contribution in [0.15, 0.2) is 30.5 Å². The number of pyridine rings is 1. The third-order valence-corrected chi connectivity index (χ3v) is 4.67. The molecular weight excluding hydrogens is 364 g/mol. The molecule has 0 aromatic carbocycles. The lowest BCUT2D eigenvalue weighted by molar-refractivity contribution is -0.116. The molecule has 8 heteroatoms. The van der Waals surface area contributed by atoms with Gasteiger partial charge in [0.05, 0.1) is 5.69 Å². The Kier molecular flexibility index (Phi) is 6.24. The van der Waals surface area contributed by atoms with E-state index in [4.69, 9.17) is 11.6 Å². The molecule has 1 amide bonds. The molecule has 0 saturated carbocycles. The molecule has 1 N–H and O–H groups in total. The molecule has 0 aliphatic carbocycles. The summed E-state index contributed by atoms with van der Waals surface area (Å²) in [5, 5.41) is 16.1. The molecule has 142 valence electrons. The molecule has 0 saturated heterocycles. The van der Waals surface area contributed by atoms with Gasteiger partial charge < -0.3 is 5.32 Å². The van der Waals surface area contributed by atoms with E-state index in [1.807, 2.05) is 35.7 Å². The van der Waals surface area contributed by atoms with Crippen LogP contribution in [0.4, 0.5) is 0 Å². The number of carbonyl (C=O) groups excluding carboxylic acids is 1. The summed E-state index contributed by atoms with van der Waals surface area (Å²) in [7, 11) is 0. The van der Waals surface area contributed by atoms with Crippen molar-refractivity contribution in [2.24, 2.45) is 0 Å². The van der Waals surface area contributed by atoms with Crippen LogP contribution in [0.25, 0.3) is 11.7 Å². The van der Waals surface area contributed by atoms with Crippen molar-refractivity contribution in [1.29, 1.82) is 0 Å². The van der Waals surface area contributed by atoms with E-state index in [9.17, 15) is 4.79 Å². The number of unbranched alkanes of at least 4 members (excludes halogenated alkanes) is 1. The molecule has 0 spiro atoms. The highest BCUT2D eigenvalue weighted by atomic mass is 35.5. The molecule has 0 bridgehead atoms. The quantitative estimate of drug-likeness (QED) is 0.603. The third kappa shape index (κ3) is 4.54. The number of aryl methyl sites for hydroxylation is 2. The zero-order valence-electron chi connectivity index (χ0n) is 15.5. The van der Waals surface area contributed by atoms with Gasteiger partial charge in [-0.3, -0.25) is 13.9 Å². The molecule has 27 heavy (non-hydrogen) atoms. The van der Waals surface area contributed by atoms with Crippen molar-refractivity contribution >= 4 is 29.2 Å². The maximum atomic E-state index is 12.1. The first-order chi connectivity index (χ1) is 13.1. The fourth-order valence-electron chi connectivity index (χ4n) is 2.79. The summed E-state index contributed by atoms with van der Waals surface area (Å²) in [5.41, 5.74) is 2.39. The lowest BCUT2D eigenvalue weighted by Crippen LogP contribution is -2.24. The van der Waals surface area contributed by atoms with E-state index in [0.717, 1.165) is 42.1 Å². The predicted molar refractivity (Wildman–Crippen MR) is 106 cm³/mol. The minimum Gasteiger partial charge on any atom is -0.352 e. The molecule has 3 aromatic heterocycles. The molecule has 0 aliphatic heterocycles. The fraction of sp³-hybridized carbons (Fsp3) is 0.368. The number of amides is 1. The Hall–Kier alpha value is -2.67. The van der Waals surface area contributed by atoms with Gasteiger partial charge in [-0.05, 0) is 31.6 Å². The summed E-state index contributed by atoms with van der Waals surface area (Å²) in [5.74, 6) is 0.631. The maximum absolute atomic E-state index is 12.1. The first-order valence-electron chi connectivity index (χ1n) is 9.07. The highest BCUT2D eigenvalue weighted by Gasteiger charge is 2.11. The number of hydrogen-bond acceptors (Lipinski definition) is 4. The monoisotopic (exact) mass is 386 g/mol. The summed E-state index contributed by atoms with van der Waals surface area (Å²) in [6.07, 6.45) is 7.80. The number of hydrogen-bond donors (Lipinski definition) is 1. The van der Waals surface area contributed by atoms with Crippen molar-refractivity contribution in [2.75, 3.05) is 6.54 Å². The fourth-order valence-corrected chi connectivity index (χ4v) is 3.11. The van der Waals surface area contributed by atoms with Gasteiger partial charge in [0.15, 0.2) is 5.65 Å². The zero-order chi connectivity index (χ0) is 19.2. The van der Waals surface area contributed by atoms with E-state index in [1.165, 1.54) is 6.08 Å². The van der Waals surface area contributed by atoms with E-state index in [0.29, 0.717) is 18.1 Å². The smallest absolute Gasteiger partial charge is 0.244 e. The summed E-state index contributed by atoms with van der Waals surface area (Å²) >= 11 is 6.38. The number of nitrogens with one attached hydrogen (secondary N) is 1. The number of carbonyl (C=O) groups is 1. The molecule has 0 radical (unpaired) electrons. The normalized spacial score (nSPS) is 11.5. The number of aromatic nitrogens is 5. The molecule has 0 atom stereocenters. The van der Waals surface area contributed by atoms with Crippen LogP contribution < -0.4 is 5.32 Å². The van der Waals surface area contributed by atoms with Gasteiger partial charge in [0.25, 0.3) is 0 Å². The van der Waals surface area contributed by atoms with E-state index in [1.54, 1.807) is 10.8 Å². The minimum atomic E-state index is -0.180. The van der Waals surface area contributed by atoms with Crippen molar-refractivity contribution < 1.29 is 4.79 Å². The topological polar surface area (TPSA) is 77.1 Å². The number of fused-ring (bicyclic) bond motifs is 1. The van der Waals surface area contributed by atoms with Crippen LogP contribution >= 0.6 is 11.6 Å². The number of rotatable bonds is 8. The van der Waals surface area contributed by atoms with Crippen LogP contribution in [0.2, 0.25) is 5.15 Å². The van der Waals surface area contributed by atoms with Gasteiger partial charge >= 0.3 is 0 Å². The van der Waals surface area contributed by atoms with Gasteiger partial charge in [-0.2, -0.15) is 5.10 Å². The third-order valence-electron chi connectivity index (χ3n) is 4.27. The van der Waals surface area contributed by atoms with Crippen LogP contribution in [0.5, 0.6) is 0 Å². The second-order valence-corrected chi connectivity index (χ2v) is 6.64. The Bertz CT molecular complexity index is 958. The summed E-state index contributed by atoms with van der Waals surface area (Å²) in [4.78, 5) is 12.1. The standard InChI is InChI=1S/C19H23ClN6O/c1-3-4-13-26-19(20)15(14(2)24-26)8-9-18(27)21-11-10-17-23-22-16-7-5-6-12-25(16)17/h5-9,12H,3-4,10-11,13H2,1-2H3,(H,21,27)/b9-8+. The van der Waals surface area contributed by atoms with E-state index in [-0.39, 0.29) is 5.91 Å². The molecule has 3 rings (SSSR count). The molecule has 7 nitrogen and oxygen atoms in total. The second kappa shape index (κ2) is 8.81. The molecule has 0 aliphatic rings. The Morgan fingerprint density at radius 3 is 3.00 bits per heavy atom. The predicted octanol–water partition coefficient (Wildman–Crippen LogP) is 3.06. The van der Waals surface area contributed by atoms with Crippen LogP contribution in [0.3, 0.4) is 0 Å². The summed E-state index contributed by atoms with van der Waals surface area (Å²) in [6.45, 7) is 5.27. The van der Waals surface area contributed by atoms with Crippen LogP contribution in [-0.2, 0) is 17.8 Å². The minimum absolute atomic E-state index is 0.180. The molecule has 3 aromatic rings. The maximum Gasteiger partial charge on any atom is 0.244 e. The molecule has 3 heterocycles. The Labute approximate surface area is 163 Å². The van der Waals surface area contributed by atoms with Crippen molar-refractivity contribution in [3.05, 3.63) is 52.7 Å². The highest BCUT2D eigenvalue weighted by Crippen LogP contribution is 2.21. The van der Waals surface area contributed by atoms with Gasteiger partial charge in [0, 0.05) is 37.3 Å². The largest absolute Gasteiger partial charge is 0.352 e. The van der Waals surface area contributed by atoms with Crippen molar-refractivity contribution in [3.8, 4) is 0 Å². The van der Waals surface area contributed by atoms with E-state index < -0.39 is 0 Å². The molecule has 0 fully saturated rings. The van der Waals surface area contributed by atoms with Crippen LogP contribution in [-0.4, -0.2) is 36.8 Å². The Morgan fingerprint density at radius 2 is 2.19 bits per heavy atom. The average Bonchev–Trinajstić information content (AvgIpc) is 3.19. The first-order valence-corrected chi connectivity index (χ1v) is 9.45. The van der Waals surface area contributed by atoms with E-state index in [2.05, 4.69) is 27.5 Å². The lowest BCUT2D eigenvalue weighted by Gasteiger charge is -2.02. The van der Waals surface area contributed by atoms with Gasteiger partial charge in [-0.15, -0.1) is 10.2 Å². The number of halogens is 1. The van der Waals surface area contributed by atoms with Gasteiger partial charge in [0.1, 0.15) is 11.0 Å². The first kappa shape index (κ1) is 19.1. The average molecular weight is 387 g/mol. The van der Waals surface area contributed by atoms with Crippen LogP contribution in [0, 0.1) is 6.92 Å². The van der Waals surface area contributed by atoms with Crippen molar-refractivity contribution in [1.82, 2.24) is 29.7 Å². The summed E-state index contributed by atoms with van der Waals surface area (Å²) < 4.78 is 3.70. The Morgan fingerprint density at radius 1 is 1.33 bits per heavy atom. The molecule has 0 unspecified atom stereocenters. The van der Waals surface area contributed by atoms with Gasteiger partial charge in [-0.1, -0.05) is 31.0 Å². The van der Waals surface area contributed by atoms with Crippen molar-refractivity contribution in [3.63, 3.8) is 0 Å². The second-order valence-electron chi connectivity index (χ2n) is 6.29. The van der Waals surface area contributed by atoms with Gasteiger partial charge in [-0.25, -0.2) is 0 Å². The number of nitrogens with zero attached hydrogens (tertiary/aromatic N) is 5. The SMILES string of the molecule is CCCCn1nc(C)c(/C=C/C(=O)NCCc2nnc3ccccn23)c1Cl.